The summed E-state index contributed by atoms with van der Waals surface area (Å²) in [5.41, 5.74) is 1.75. The molecule has 27 heavy (non-hydrogen) atoms. The number of carbonyl (C=O) groups is 1. The van der Waals surface area contributed by atoms with Crippen molar-refractivity contribution in [2.45, 2.75) is 11.8 Å². The number of halogens is 1. The van der Waals surface area contributed by atoms with Crippen molar-refractivity contribution in [2.24, 2.45) is 0 Å². The Bertz CT molecular complexity index is 925. The van der Waals surface area contributed by atoms with E-state index in [0.717, 1.165) is 17.3 Å². The molecule has 144 valence electrons. The molecule has 0 aromatic heterocycles. The first kappa shape index (κ1) is 19.5. The molecular weight excluding hydrogens is 369 g/mol. The quantitative estimate of drug-likeness (QED) is 0.847. The lowest BCUT2D eigenvalue weighted by Crippen LogP contribution is -2.50. The van der Waals surface area contributed by atoms with Crippen LogP contribution in [0.2, 0.25) is 0 Å². The lowest BCUT2D eigenvalue weighted by atomic mass is 10.2. The Kier molecular flexibility index (Phi) is 5.88. The van der Waals surface area contributed by atoms with Crippen molar-refractivity contribution in [1.82, 2.24) is 9.21 Å². The van der Waals surface area contributed by atoms with Crippen molar-refractivity contribution >= 4 is 21.6 Å². The summed E-state index contributed by atoms with van der Waals surface area (Å²) in [6, 6.07) is 12.9. The summed E-state index contributed by atoms with van der Waals surface area (Å²) in [5.74, 6) is -0.896. The first-order valence-electron chi connectivity index (χ1n) is 8.70. The molecule has 8 heteroatoms. The second-order valence-electron chi connectivity index (χ2n) is 6.47. The fraction of sp³-hybridized carbons (Fsp3) is 0.316. The number of anilines is 1. The average Bonchev–Trinajstić information content (AvgIpc) is 2.64. The van der Waals surface area contributed by atoms with Crippen molar-refractivity contribution in [2.75, 3.05) is 38.0 Å². The van der Waals surface area contributed by atoms with Gasteiger partial charge in [0.05, 0.1) is 6.54 Å². The van der Waals surface area contributed by atoms with Gasteiger partial charge in [0.25, 0.3) is 0 Å². The van der Waals surface area contributed by atoms with Crippen molar-refractivity contribution in [3.63, 3.8) is 0 Å². The number of para-hydroxylation sites is 1. The predicted octanol–water partition coefficient (Wildman–Crippen LogP) is 2.08. The van der Waals surface area contributed by atoms with Crippen LogP contribution < -0.4 is 5.32 Å². The maximum atomic E-state index is 13.9. The summed E-state index contributed by atoms with van der Waals surface area (Å²) >= 11 is 0. The zero-order valence-corrected chi connectivity index (χ0v) is 15.9. The van der Waals surface area contributed by atoms with Gasteiger partial charge in [-0.2, -0.15) is 4.31 Å². The van der Waals surface area contributed by atoms with E-state index in [0.29, 0.717) is 13.1 Å². The molecule has 3 rings (SSSR count). The molecule has 0 bridgehead atoms. The molecule has 0 aliphatic carbocycles. The van der Waals surface area contributed by atoms with Gasteiger partial charge in [-0.05, 0) is 30.7 Å². The minimum atomic E-state index is -3.87. The monoisotopic (exact) mass is 391 g/mol. The van der Waals surface area contributed by atoms with E-state index in [9.17, 15) is 17.6 Å². The molecule has 1 saturated heterocycles. The highest BCUT2D eigenvalue weighted by molar-refractivity contribution is 7.89. The Morgan fingerprint density at radius 3 is 2.33 bits per heavy atom. The van der Waals surface area contributed by atoms with Crippen LogP contribution in [0.3, 0.4) is 0 Å². The molecule has 0 saturated carbocycles. The van der Waals surface area contributed by atoms with Gasteiger partial charge in [0, 0.05) is 31.9 Å². The van der Waals surface area contributed by atoms with E-state index in [1.54, 1.807) is 0 Å². The number of hydrogen-bond donors (Lipinski definition) is 1. The SMILES string of the molecule is Cc1ccccc1NC(=O)CN1CCN(S(=O)(=O)c2ccccc2F)CC1. The molecule has 1 N–H and O–H groups in total. The molecule has 2 aromatic rings. The van der Waals surface area contributed by atoms with Crippen molar-refractivity contribution in [1.29, 1.82) is 0 Å². The summed E-state index contributed by atoms with van der Waals surface area (Å²) in [6.07, 6.45) is 0. The van der Waals surface area contributed by atoms with Gasteiger partial charge in [-0.15, -0.1) is 0 Å². The first-order valence-corrected chi connectivity index (χ1v) is 10.1. The Morgan fingerprint density at radius 1 is 1.04 bits per heavy atom. The number of sulfonamides is 1. The Balaban J connectivity index is 1.57. The Labute approximate surface area is 158 Å². The van der Waals surface area contributed by atoms with Crippen LogP contribution in [0.5, 0.6) is 0 Å². The smallest absolute Gasteiger partial charge is 0.246 e. The van der Waals surface area contributed by atoms with Gasteiger partial charge in [0.15, 0.2) is 0 Å². The highest BCUT2D eigenvalue weighted by Crippen LogP contribution is 2.20. The minimum Gasteiger partial charge on any atom is -0.325 e. The van der Waals surface area contributed by atoms with E-state index in [1.165, 1.54) is 22.5 Å². The van der Waals surface area contributed by atoms with Gasteiger partial charge in [0.2, 0.25) is 15.9 Å². The van der Waals surface area contributed by atoms with E-state index < -0.39 is 15.8 Å². The number of amides is 1. The van der Waals surface area contributed by atoms with Gasteiger partial charge in [-0.1, -0.05) is 30.3 Å². The highest BCUT2D eigenvalue weighted by atomic mass is 32.2. The number of nitrogens with zero attached hydrogens (tertiary/aromatic N) is 2. The van der Waals surface area contributed by atoms with Gasteiger partial charge < -0.3 is 5.32 Å². The van der Waals surface area contributed by atoms with Crippen LogP contribution in [-0.4, -0.2) is 56.3 Å². The molecule has 1 heterocycles. The normalized spacial score (nSPS) is 16.2. The van der Waals surface area contributed by atoms with Gasteiger partial charge in [0.1, 0.15) is 10.7 Å². The van der Waals surface area contributed by atoms with Crippen LogP contribution in [-0.2, 0) is 14.8 Å². The lowest BCUT2D eigenvalue weighted by Gasteiger charge is -2.33. The molecule has 1 aliphatic rings. The molecule has 0 spiro atoms. The number of aryl methyl sites for hydroxylation is 1. The first-order chi connectivity index (χ1) is 12.9. The zero-order valence-electron chi connectivity index (χ0n) is 15.1. The minimum absolute atomic E-state index is 0.144. The Hall–Kier alpha value is -2.29. The molecule has 0 radical (unpaired) electrons. The van der Waals surface area contributed by atoms with E-state index in [4.69, 9.17) is 0 Å². The topological polar surface area (TPSA) is 69.7 Å². The summed E-state index contributed by atoms with van der Waals surface area (Å²) in [4.78, 5) is 13.8. The number of piperazine rings is 1. The van der Waals surface area contributed by atoms with E-state index in [2.05, 4.69) is 5.32 Å². The zero-order chi connectivity index (χ0) is 19.4. The Morgan fingerprint density at radius 2 is 1.67 bits per heavy atom. The van der Waals surface area contributed by atoms with Crippen LogP contribution in [0.4, 0.5) is 10.1 Å². The third kappa shape index (κ3) is 4.52. The summed E-state index contributed by atoms with van der Waals surface area (Å²) < 4.78 is 40.3. The number of nitrogens with one attached hydrogen (secondary N) is 1. The standard InChI is InChI=1S/C19H22FN3O3S/c1-15-6-2-4-8-17(15)21-19(24)14-22-10-12-23(13-11-22)27(25,26)18-9-5-3-7-16(18)20/h2-9H,10-14H2,1H3,(H,21,24). The van der Waals surface area contributed by atoms with Crippen LogP contribution in [0.1, 0.15) is 5.56 Å². The van der Waals surface area contributed by atoms with Crippen LogP contribution in [0.15, 0.2) is 53.4 Å². The number of rotatable bonds is 5. The van der Waals surface area contributed by atoms with Crippen molar-refractivity contribution in [3.05, 3.63) is 59.9 Å². The largest absolute Gasteiger partial charge is 0.325 e. The lowest BCUT2D eigenvalue weighted by molar-refractivity contribution is -0.117. The highest BCUT2D eigenvalue weighted by Gasteiger charge is 2.30. The number of benzene rings is 2. The van der Waals surface area contributed by atoms with Crippen molar-refractivity contribution < 1.29 is 17.6 Å². The second kappa shape index (κ2) is 8.16. The number of carbonyl (C=O) groups excluding carboxylic acids is 1. The fourth-order valence-corrected chi connectivity index (χ4v) is 4.51. The molecule has 1 aliphatic heterocycles. The number of hydrogen-bond acceptors (Lipinski definition) is 4. The van der Waals surface area contributed by atoms with Gasteiger partial charge in [-0.3, -0.25) is 9.69 Å². The van der Waals surface area contributed by atoms with Crippen LogP contribution in [0, 0.1) is 12.7 Å². The van der Waals surface area contributed by atoms with E-state index >= 15 is 0 Å². The van der Waals surface area contributed by atoms with Crippen LogP contribution in [0.25, 0.3) is 0 Å². The van der Waals surface area contributed by atoms with Gasteiger partial charge in [-0.25, -0.2) is 12.8 Å². The second-order valence-corrected chi connectivity index (χ2v) is 8.38. The summed E-state index contributed by atoms with van der Waals surface area (Å²) in [7, 11) is -3.87. The molecule has 1 amide bonds. The van der Waals surface area contributed by atoms with E-state index in [1.807, 2.05) is 36.1 Å². The van der Waals surface area contributed by atoms with Gasteiger partial charge >= 0.3 is 0 Å². The molecule has 0 atom stereocenters. The molecule has 0 unspecified atom stereocenters. The summed E-state index contributed by atoms with van der Waals surface area (Å²) in [5, 5.41) is 2.87. The maximum absolute atomic E-state index is 13.9. The maximum Gasteiger partial charge on any atom is 0.246 e. The van der Waals surface area contributed by atoms with Crippen molar-refractivity contribution in [3.8, 4) is 0 Å². The predicted molar refractivity (Wildman–Crippen MR) is 101 cm³/mol. The molecular formula is C19H22FN3O3S. The molecule has 2 aromatic carbocycles. The average molecular weight is 391 g/mol. The molecule has 6 nitrogen and oxygen atoms in total. The third-order valence-corrected chi connectivity index (χ3v) is 6.50. The fourth-order valence-electron chi connectivity index (χ4n) is 3.03. The van der Waals surface area contributed by atoms with E-state index in [-0.39, 0.29) is 30.4 Å². The molecule has 1 fully saturated rings. The third-order valence-electron chi connectivity index (χ3n) is 4.57. The summed E-state index contributed by atoms with van der Waals surface area (Å²) in [6.45, 7) is 3.36. The van der Waals surface area contributed by atoms with Crippen LogP contribution >= 0.6 is 0 Å².